The van der Waals surface area contributed by atoms with Gasteiger partial charge in [0, 0.05) is 6.04 Å². The maximum atomic E-state index is 5.55. The van der Waals surface area contributed by atoms with E-state index in [-0.39, 0.29) is 6.04 Å². The first kappa shape index (κ1) is 8.48. The Kier molecular flexibility index (Phi) is 4.12. The highest BCUT2D eigenvalue weighted by molar-refractivity contribution is 4.98. The van der Waals surface area contributed by atoms with Crippen molar-refractivity contribution in [1.82, 2.24) is 0 Å². The van der Waals surface area contributed by atoms with Crippen LogP contribution >= 0.6 is 0 Å². The van der Waals surface area contributed by atoms with Crippen molar-refractivity contribution in [2.75, 3.05) is 0 Å². The SMILES string of the molecule is CC=C=C(C)CC(C)N. The Morgan fingerprint density at radius 3 is 2.67 bits per heavy atom. The van der Waals surface area contributed by atoms with E-state index >= 15 is 0 Å². The Balaban J connectivity index is 3.77. The van der Waals surface area contributed by atoms with Crippen molar-refractivity contribution in [3.05, 3.63) is 17.4 Å². The van der Waals surface area contributed by atoms with Crippen molar-refractivity contribution in [1.29, 1.82) is 0 Å². The molecular weight excluding hydrogens is 110 g/mol. The third-order valence-corrected chi connectivity index (χ3v) is 1.02. The third-order valence-electron chi connectivity index (χ3n) is 1.02. The predicted molar refractivity (Wildman–Crippen MR) is 41.2 cm³/mol. The average Bonchev–Trinajstić information content (AvgIpc) is 1.63. The molecule has 0 aromatic heterocycles. The molecule has 0 heterocycles. The molecule has 0 saturated heterocycles. The molecule has 1 nitrogen and oxygen atoms in total. The summed E-state index contributed by atoms with van der Waals surface area (Å²) in [5.41, 5.74) is 9.87. The van der Waals surface area contributed by atoms with Crippen LogP contribution < -0.4 is 5.73 Å². The fourth-order valence-electron chi connectivity index (χ4n) is 0.788. The minimum atomic E-state index is 0.262. The van der Waals surface area contributed by atoms with Crippen LogP contribution in [-0.2, 0) is 0 Å². The zero-order chi connectivity index (χ0) is 7.28. The van der Waals surface area contributed by atoms with Crippen LogP contribution in [-0.4, -0.2) is 6.04 Å². The monoisotopic (exact) mass is 125 g/mol. The van der Waals surface area contributed by atoms with E-state index in [9.17, 15) is 0 Å². The lowest BCUT2D eigenvalue weighted by Gasteiger charge is -2.00. The van der Waals surface area contributed by atoms with Gasteiger partial charge in [-0.25, -0.2) is 0 Å². The highest BCUT2D eigenvalue weighted by Crippen LogP contribution is 1.98. The first-order valence-corrected chi connectivity index (χ1v) is 3.29. The molecule has 0 radical (unpaired) electrons. The smallest absolute Gasteiger partial charge is 0.00536 e. The Morgan fingerprint density at radius 2 is 2.33 bits per heavy atom. The summed E-state index contributed by atoms with van der Waals surface area (Å²) in [7, 11) is 0. The van der Waals surface area contributed by atoms with Crippen molar-refractivity contribution in [2.24, 2.45) is 5.73 Å². The van der Waals surface area contributed by atoms with Crippen LogP contribution in [0.2, 0.25) is 0 Å². The molecule has 2 N–H and O–H groups in total. The predicted octanol–water partition coefficient (Wildman–Crippen LogP) is 1.84. The van der Waals surface area contributed by atoms with Crippen LogP contribution in [0.3, 0.4) is 0 Å². The highest BCUT2D eigenvalue weighted by atomic mass is 14.6. The maximum Gasteiger partial charge on any atom is 0.00536 e. The molecule has 0 aromatic carbocycles. The summed E-state index contributed by atoms with van der Waals surface area (Å²) >= 11 is 0. The van der Waals surface area contributed by atoms with Gasteiger partial charge in [-0.1, -0.05) is 0 Å². The lowest BCUT2D eigenvalue weighted by atomic mass is 10.1. The van der Waals surface area contributed by atoms with Crippen LogP contribution in [0.4, 0.5) is 0 Å². The first-order chi connectivity index (χ1) is 4.16. The zero-order valence-electron chi connectivity index (χ0n) is 6.44. The van der Waals surface area contributed by atoms with Crippen LogP contribution in [0.25, 0.3) is 0 Å². The molecule has 0 aromatic rings. The Labute approximate surface area is 57.3 Å². The van der Waals surface area contributed by atoms with Gasteiger partial charge in [-0.15, -0.1) is 5.73 Å². The van der Waals surface area contributed by atoms with Crippen molar-refractivity contribution in [2.45, 2.75) is 33.2 Å². The van der Waals surface area contributed by atoms with Crippen LogP contribution in [0.1, 0.15) is 27.2 Å². The van der Waals surface area contributed by atoms with E-state index in [1.807, 2.05) is 26.8 Å². The minimum Gasteiger partial charge on any atom is -0.328 e. The quantitative estimate of drug-likeness (QED) is 0.560. The first-order valence-electron chi connectivity index (χ1n) is 3.29. The molecule has 0 aliphatic rings. The largest absolute Gasteiger partial charge is 0.328 e. The molecule has 0 fully saturated rings. The molecule has 0 aliphatic heterocycles. The Morgan fingerprint density at radius 1 is 1.78 bits per heavy atom. The van der Waals surface area contributed by atoms with E-state index in [0.717, 1.165) is 6.42 Å². The van der Waals surface area contributed by atoms with Gasteiger partial charge >= 0.3 is 0 Å². The fraction of sp³-hybridized carbons (Fsp3) is 0.625. The van der Waals surface area contributed by atoms with Crippen molar-refractivity contribution in [3.63, 3.8) is 0 Å². The second-order valence-electron chi connectivity index (χ2n) is 2.39. The van der Waals surface area contributed by atoms with Gasteiger partial charge in [0.1, 0.15) is 0 Å². The molecule has 1 unspecified atom stereocenters. The van der Waals surface area contributed by atoms with Gasteiger partial charge < -0.3 is 5.73 Å². The molecular formula is C8H15N. The molecule has 0 spiro atoms. The van der Waals surface area contributed by atoms with Gasteiger partial charge in [0.25, 0.3) is 0 Å². The summed E-state index contributed by atoms with van der Waals surface area (Å²) in [6, 6.07) is 0.262. The van der Waals surface area contributed by atoms with Crippen LogP contribution in [0.5, 0.6) is 0 Å². The molecule has 1 atom stereocenters. The van der Waals surface area contributed by atoms with Crippen molar-refractivity contribution < 1.29 is 0 Å². The molecule has 0 saturated carbocycles. The summed E-state index contributed by atoms with van der Waals surface area (Å²) in [4.78, 5) is 0. The summed E-state index contributed by atoms with van der Waals surface area (Å²) in [6.45, 7) is 6.01. The fourth-order valence-corrected chi connectivity index (χ4v) is 0.788. The van der Waals surface area contributed by atoms with Gasteiger partial charge in [-0.2, -0.15) is 0 Å². The lowest BCUT2D eigenvalue weighted by molar-refractivity contribution is 0.732. The van der Waals surface area contributed by atoms with E-state index in [4.69, 9.17) is 5.73 Å². The number of hydrogen-bond acceptors (Lipinski definition) is 1. The number of hydrogen-bond donors (Lipinski definition) is 1. The standard InChI is InChI=1S/C8H15N/c1-4-5-7(2)6-8(3)9/h4,8H,6,9H2,1-3H3. The van der Waals surface area contributed by atoms with Gasteiger partial charge in [0.05, 0.1) is 0 Å². The Bertz CT molecular complexity index is 128. The van der Waals surface area contributed by atoms with Gasteiger partial charge in [0.2, 0.25) is 0 Å². The van der Waals surface area contributed by atoms with E-state index < -0.39 is 0 Å². The van der Waals surface area contributed by atoms with Crippen LogP contribution in [0.15, 0.2) is 17.4 Å². The summed E-state index contributed by atoms with van der Waals surface area (Å²) in [5.74, 6) is 0. The summed E-state index contributed by atoms with van der Waals surface area (Å²) in [5, 5.41) is 0. The second kappa shape index (κ2) is 4.37. The molecule has 9 heavy (non-hydrogen) atoms. The molecule has 1 heteroatoms. The van der Waals surface area contributed by atoms with Gasteiger partial charge in [-0.05, 0) is 38.8 Å². The zero-order valence-corrected chi connectivity index (χ0v) is 6.44. The second-order valence-corrected chi connectivity index (χ2v) is 2.39. The molecule has 52 valence electrons. The summed E-state index contributed by atoms with van der Waals surface area (Å²) < 4.78 is 0. The normalized spacial score (nSPS) is 12.0. The van der Waals surface area contributed by atoms with E-state index in [0.29, 0.717) is 0 Å². The van der Waals surface area contributed by atoms with Gasteiger partial charge in [0.15, 0.2) is 0 Å². The number of rotatable bonds is 2. The van der Waals surface area contributed by atoms with Crippen molar-refractivity contribution in [3.8, 4) is 0 Å². The van der Waals surface area contributed by atoms with E-state index in [2.05, 4.69) is 5.73 Å². The topological polar surface area (TPSA) is 26.0 Å². The molecule has 0 amide bonds. The summed E-state index contributed by atoms with van der Waals surface area (Å²) in [6.07, 6.45) is 2.86. The van der Waals surface area contributed by atoms with E-state index in [1.165, 1.54) is 5.57 Å². The highest BCUT2D eigenvalue weighted by Gasteiger charge is 1.92. The third kappa shape index (κ3) is 5.35. The maximum absolute atomic E-state index is 5.55. The number of nitrogens with two attached hydrogens (primary N) is 1. The average molecular weight is 125 g/mol. The molecule has 0 aliphatic carbocycles. The van der Waals surface area contributed by atoms with E-state index in [1.54, 1.807) is 0 Å². The lowest BCUT2D eigenvalue weighted by Crippen LogP contribution is -2.14. The van der Waals surface area contributed by atoms with Crippen molar-refractivity contribution >= 4 is 0 Å². The van der Waals surface area contributed by atoms with Crippen LogP contribution in [0, 0.1) is 0 Å². The minimum absolute atomic E-state index is 0.262. The Hall–Kier alpha value is -0.520. The molecule has 0 bridgehead atoms. The van der Waals surface area contributed by atoms with Gasteiger partial charge in [-0.3, -0.25) is 0 Å². The molecule has 0 rings (SSSR count).